The van der Waals surface area contributed by atoms with Gasteiger partial charge in [-0.05, 0) is 45.7 Å². The molecule has 1 atom stereocenters. The Labute approximate surface area is 79.7 Å². The summed E-state index contributed by atoms with van der Waals surface area (Å²) in [5, 5.41) is 8.48. The third-order valence-corrected chi connectivity index (χ3v) is 2.78. The molecule has 0 amide bonds. The fraction of sp³-hybridized carbons (Fsp3) is 0.900. The van der Waals surface area contributed by atoms with E-state index in [1.807, 2.05) is 0 Å². The second-order valence-corrected chi connectivity index (χ2v) is 3.88. The van der Waals surface area contributed by atoms with Crippen LogP contribution in [0, 0.1) is 0 Å². The number of aliphatic carboxylic acids is 1. The lowest BCUT2D eigenvalue weighted by Gasteiger charge is -2.23. The molecular formula is C10H19NO2. The van der Waals surface area contributed by atoms with Gasteiger partial charge >= 0.3 is 5.97 Å². The van der Waals surface area contributed by atoms with E-state index in [1.54, 1.807) is 0 Å². The van der Waals surface area contributed by atoms with Gasteiger partial charge in [0.25, 0.3) is 0 Å². The molecule has 13 heavy (non-hydrogen) atoms. The van der Waals surface area contributed by atoms with Gasteiger partial charge in [-0.1, -0.05) is 0 Å². The maximum atomic E-state index is 10.3. The molecule has 0 aromatic carbocycles. The van der Waals surface area contributed by atoms with E-state index in [2.05, 4.69) is 11.8 Å². The summed E-state index contributed by atoms with van der Waals surface area (Å²) in [6, 6.07) is 0.571. The molecule has 0 spiro atoms. The van der Waals surface area contributed by atoms with E-state index in [1.165, 1.54) is 25.9 Å². The van der Waals surface area contributed by atoms with Crippen molar-refractivity contribution in [3.63, 3.8) is 0 Å². The first kappa shape index (κ1) is 10.5. The maximum absolute atomic E-state index is 10.3. The summed E-state index contributed by atoms with van der Waals surface area (Å²) in [4.78, 5) is 12.7. The number of hydrogen-bond donors (Lipinski definition) is 1. The van der Waals surface area contributed by atoms with Crippen LogP contribution in [-0.4, -0.2) is 35.1 Å². The van der Waals surface area contributed by atoms with Crippen molar-refractivity contribution >= 4 is 5.97 Å². The smallest absolute Gasteiger partial charge is 0.303 e. The largest absolute Gasteiger partial charge is 0.481 e. The highest BCUT2D eigenvalue weighted by atomic mass is 16.4. The second kappa shape index (κ2) is 5.22. The zero-order valence-corrected chi connectivity index (χ0v) is 8.33. The summed E-state index contributed by atoms with van der Waals surface area (Å²) >= 11 is 0. The maximum Gasteiger partial charge on any atom is 0.303 e. The van der Waals surface area contributed by atoms with Crippen LogP contribution >= 0.6 is 0 Å². The van der Waals surface area contributed by atoms with E-state index in [0.29, 0.717) is 12.5 Å². The molecule has 1 fully saturated rings. The minimum Gasteiger partial charge on any atom is -0.481 e. The molecular weight excluding hydrogens is 166 g/mol. The zero-order chi connectivity index (χ0) is 9.68. The van der Waals surface area contributed by atoms with Gasteiger partial charge in [0.15, 0.2) is 0 Å². The Balaban J connectivity index is 2.09. The van der Waals surface area contributed by atoms with Crippen molar-refractivity contribution in [1.82, 2.24) is 4.90 Å². The van der Waals surface area contributed by atoms with Crippen LogP contribution in [0.15, 0.2) is 0 Å². The molecule has 1 unspecified atom stereocenters. The Morgan fingerprint density at radius 1 is 1.46 bits per heavy atom. The van der Waals surface area contributed by atoms with Crippen molar-refractivity contribution in [3.8, 4) is 0 Å². The van der Waals surface area contributed by atoms with Gasteiger partial charge in [0.1, 0.15) is 0 Å². The zero-order valence-electron chi connectivity index (χ0n) is 8.33. The summed E-state index contributed by atoms with van der Waals surface area (Å²) in [6.45, 7) is 4.61. The third kappa shape index (κ3) is 3.77. The number of likely N-dealkylation sites (tertiary alicyclic amines) is 1. The minimum atomic E-state index is -0.673. The highest BCUT2D eigenvalue weighted by molar-refractivity contribution is 5.66. The molecule has 1 rings (SSSR count). The molecule has 0 aromatic heterocycles. The summed E-state index contributed by atoms with van der Waals surface area (Å²) in [7, 11) is 0. The fourth-order valence-corrected chi connectivity index (χ4v) is 1.91. The van der Waals surface area contributed by atoms with Gasteiger partial charge in [0.2, 0.25) is 0 Å². The number of rotatable bonds is 5. The molecule has 3 heteroatoms. The van der Waals surface area contributed by atoms with Crippen molar-refractivity contribution in [3.05, 3.63) is 0 Å². The molecule has 3 nitrogen and oxygen atoms in total. The Kier molecular flexibility index (Phi) is 4.22. The number of hydrogen-bond acceptors (Lipinski definition) is 2. The highest BCUT2D eigenvalue weighted by Crippen LogP contribution is 2.15. The van der Waals surface area contributed by atoms with E-state index in [-0.39, 0.29) is 0 Å². The molecule has 1 N–H and O–H groups in total. The Bertz CT molecular complexity index is 164. The van der Waals surface area contributed by atoms with Crippen molar-refractivity contribution in [2.75, 3.05) is 13.1 Å². The standard InChI is InChI=1S/C10H19NO2/c1-9(5-4-6-10(12)13)11-7-2-3-8-11/h9H,2-8H2,1H3,(H,12,13). The second-order valence-electron chi connectivity index (χ2n) is 3.88. The Hall–Kier alpha value is -0.570. The first-order chi connectivity index (χ1) is 6.20. The minimum absolute atomic E-state index is 0.318. The van der Waals surface area contributed by atoms with Gasteiger partial charge in [0.05, 0.1) is 0 Å². The lowest BCUT2D eigenvalue weighted by atomic mass is 10.1. The summed E-state index contributed by atoms with van der Waals surface area (Å²) < 4.78 is 0. The van der Waals surface area contributed by atoms with Crippen molar-refractivity contribution in [2.45, 2.75) is 45.1 Å². The van der Waals surface area contributed by atoms with Gasteiger partial charge in [-0.3, -0.25) is 4.79 Å². The van der Waals surface area contributed by atoms with E-state index in [9.17, 15) is 4.79 Å². The van der Waals surface area contributed by atoms with Crippen LogP contribution in [0.4, 0.5) is 0 Å². The molecule has 0 aliphatic carbocycles. The van der Waals surface area contributed by atoms with Crippen LogP contribution in [0.1, 0.15) is 39.0 Å². The molecule has 76 valence electrons. The average Bonchev–Trinajstić information content (AvgIpc) is 2.55. The van der Waals surface area contributed by atoms with Crippen molar-refractivity contribution < 1.29 is 9.90 Å². The van der Waals surface area contributed by atoms with Crippen LogP contribution < -0.4 is 0 Å². The van der Waals surface area contributed by atoms with Crippen LogP contribution in [0.5, 0.6) is 0 Å². The van der Waals surface area contributed by atoms with Gasteiger partial charge in [0, 0.05) is 12.5 Å². The van der Waals surface area contributed by atoms with E-state index >= 15 is 0 Å². The molecule has 0 radical (unpaired) electrons. The quantitative estimate of drug-likeness (QED) is 0.709. The van der Waals surface area contributed by atoms with Crippen LogP contribution in [0.2, 0.25) is 0 Å². The van der Waals surface area contributed by atoms with Crippen molar-refractivity contribution in [2.24, 2.45) is 0 Å². The molecule has 1 heterocycles. The molecule has 1 aliphatic rings. The number of nitrogens with zero attached hydrogens (tertiary/aromatic N) is 1. The average molecular weight is 185 g/mol. The number of carboxylic acid groups (broad SMARTS) is 1. The summed E-state index contributed by atoms with van der Waals surface area (Å²) in [6.07, 6.45) is 4.77. The predicted molar refractivity (Wildman–Crippen MR) is 51.8 cm³/mol. The van der Waals surface area contributed by atoms with Gasteiger partial charge in [-0.2, -0.15) is 0 Å². The predicted octanol–water partition coefficient (Wildman–Crippen LogP) is 1.73. The Morgan fingerprint density at radius 3 is 2.62 bits per heavy atom. The molecule has 0 aromatic rings. The summed E-state index contributed by atoms with van der Waals surface area (Å²) in [5.41, 5.74) is 0. The van der Waals surface area contributed by atoms with E-state index < -0.39 is 5.97 Å². The van der Waals surface area contributed by atoms with E-state index in [0.717, 1.165) is 12.8 Å². The van der Waals surface area contributed by atoms with E-state index in [4.69, 9.17) is 5.11 Å². The lowest BCUT2D eigenvalue weighted by Crippen LogP contribution is -2.29. The van der Waals surface area contributed by atoms with Crippen LogP contribution in [0.25, 0.3) is 0 Å². The number of carboxylic acids is 1. The topological polar surface area (TPSA) is 40.5 Å². The molecule has 1 saturated heterocycles. The van der Waals surface area contributed by atoms with Crippen LogP contribution in [0.3, 0.4) is 0 Å². The SMILES string of the molecule is CC(CCCC(=O)O)N1CCCC1. The molecule has 0 bridgehead atoms. The van der Waals surface area contributed by atoms with Gasteiger partial charge in [-0.15, -0.1) is 0 Å². The molecule has 0 saturated carbocycles. The lowest BCUT2D eigenvalue weighted by molar-refractivity contribution is -0.137. The first-order valence-electron chi connectivity index (χ1n) is 5.16. The normalized spacial score (nSPS) is 20.4. The highest BCUT2D eigenvalue weighted by Gasteiger charge is 2.17. The van der Waals surface area contributed by atoms with Gasteiger partial charge < -0.3 is 10.0 Å². The fourth-order valence-electron chi connectivity index (χ4n) is 1.91. The number of carbonyl (C=O) groups is 1. The Morgan fingerprint density at radius 2 is 2.08 bits per heavy atom. The first-order valence-corrected chi connectivity index (χ1v) is 5.16. The molecule has 1 aliphatic heterocycles. The van der Waals surface area contributed by atoms with Crippen LogP contribution in [-0.2, 0) is 4.79 Å². The monoisotopic (exact) mass is 185 g/mol. The van der Waals surface area contributed by atoms with Crippen molar-refractivity contribution in [1.29, 1.82) is 0 Å². The summed E-state index contributed by atoms with van der Waals surface area (Å²) in [5.74, 6) is -0.673. The third-order valence-electron chi connectivity index (χ3n) is 2.78. The van der Waals surface area contributed by atoms with Gasteiger partial charge in [-0.25, -0.2) is 0 Å².